The van der Waals surface area contributed by atoms with Crippen molar-refractivity contribution in [3.63, 3.8) is 0 Å². The lowest BCUT2D eigenvalue weighted by atomic mass is 9.97. The summed E-state index contributed by atoms with van der Waals surface area (Å²) in [6, 6.07) is 3.93. The van der Waals surface area contributed by atoms with Crippen molar-refractivity contribution in [1.29, 1.82) is 0 Å². The summed E-state index contributed by atoms with van der Waals surface area (Å²) in [6.45, 7) is 0.535. The molecule has 2 N–H and O–H groups in total. The van der Waals surface area contributed by atoms with E-state index in [0.29, 0.717) is 12.6 Å². The first-order valence-corrected chi connectivity index (χ1v) is 7.10. The molecule has 1 saturated carbocycles. The summed E-state index contributed by atoms with van der Waals surface area (Å²) >= 11 is 7.50. The van der Waals surface area contributed by atoms with Crippen molar-refractivity contribution >= 4 is 22.9 Å². The van der Waals surface area contributed by atoms with Crippen LogP contribution < -0.4 is 5.73 Å². The molecule has 1 heterocycles. The highest BCUT2D eigenvalue weighted by atomic mass is 35.5. The lowest BCUT2D eigenvalue weighted by Gasteiger charge is -2.26. The molecule has 2 nitrogen and oxygen atoms in total. The lowest BCUT2D eigenvalue weighted by molar-refractivity contribution is -0.0252. The van der Waals surface area contributed by atoms with Gasteiger partial charge in [0.25, 0.3) is 0 Å². The minimum atomic E-state index is 0.0283. The van der Waals surface area contributed by atoms with Crippen molar-refractivity contribution in [2.24, 2.45) is 5.73 Å². The van der Waals surface area contributed by atoms with Gasteiger partial charge in [-0.25, -0.2) is 0 Å². The summed E-state index contributed by atoms with van der Waals surface area (Å²) < 4.78 is 6.87. The van der Waals surface area contributed by atoms with Crippen LogP contribution in [-0.4, -0.2) is 12.6 Å². The van der Waals surface area contributed by atoms with Crippen LogP contribution in [0.25, 0.3) is 0 Å². The maximum Gasteiger partial charge on any atom is 0.104 e. The third kappa shape index (κ3) is 3.20. The molecule has 1 atom stereocenters. The van der Waals surface area contributed by atoms with E-state index in [-0.39, 0.29) is 6.10 Å². The number of halogens is 1. The molecule has 1 aliphatic carbocycles. The van der Waals surface area contributed by atoms with Gasteiger partial charge in [0.15, 0.2) is 0 Å². The Balaban J connectivity index is 1.94. The molecule has 1 aromatic heterocycles. The van der Waals surface area contributed by atoms with E-state index in [2.05, 4.69) is 0 Å². The maximum atomic E-state index is 6.07. The van der Waals surface area contributed by atoms with Crippen LogP contribution in [-0.2, 0) is 4.74 Å². The van der Waals surface area contributed by atoms with E-state index in [1.54, 1.807) is 11.3 Å². The summed E-state index contributed by atoms with van der Waals surface area (Å²) in [7, 11) is 0. The Morgan fingerprint density at radius 3 is 2.69 bits per heavy atom. The molecular weight excluding hydrogens is 242 g/mol. The second kappa shape index (κ2) is 6.01. The highest BCUT2D eigenvalue weighted by Gasteiger charge is 2.20. The number of ether oxygens (including phenoxy) is 1. The zero-order valence-electron chi connectivity index (χ0n) is 9.32. The van der Waals surface area contributed by atoms with E-state index < -0.39 is 0 Å². The summed E-state index contributed by atoms with van der Waals surface area (Å²) in [4.78, 5) is 1.15. The third-order valence-electron chi connectivity index (χ3n) is 3.03. The van der Waals surface area contributed by atoms with Crippen LogP contribution in [0.4, 0.5) is 0 Å². The molecular formula is C12H18ClNOS. The Bertz CT molecular complexity index is 323. The van der Waals surface area contributed by atoms with Gasteiger partial charge >= 0.3 is 0 Å². The largest absolute Gasteiger partial charge is 0.368 e. The Morgan fingerprint density at radius 1 is 1.38 bits per heavy atom. The van der Waals surface area contributed by atoms with E-state index in [9.17, 15) is 0 Å². The van der Waals surface area contributed by atoms with Gasteiger partial charge < -0.3 is 10.5 Å². The average Bonchev–Trinajstić information content (AvgIpc) is 2.74. The topological polar surface area (TPSA) is 35.2 Å². The standard InChI is InChI=1S/C12H18ClNOS/c13-12-7-6-11(16-12)10(8-14)15-9-4-2-1-3-5-9/h6-7,9-10H,1-5,8,14H2. The van der Waals surface area contributed by atoms with Gasteiger partial charge in [-0.3, -0.25) is 0 Å². The van der Waals surface area contributed by atoms with E-state index in [1.807, 2.05) is 12.1 Å². The molecule has 0 amide bonds. The highest BCUT2D eigenvalue weighted by Crippen LogP contribution is 2.31. The van der Waals surface area contributed by atoms with Crippen LogP contribution in [0.1, 0.15) is 43.1 Å². The van der Waals surface area contributed by atoms with Crippen molar-refractivity contribution < 1.29 is 4.74 Å². The minimum absolute atomic E-state index is 0.0283. The molecule has 1 aliphatic rings. The molecule has 0 saturated heterocycles. The van der Waals surface area contributed by atoms with E-state index in [1.165, 1.54) is 32.1 Å². The van der Waals surface area contributed by atoms with Gasteiger partial charge in [-0.15, -0.1) is 11.3 Å². The SMILES string of the molecule is NCC(OC1CCCCC1)c1ccc(Cl)s1. The maximum absolute atomic E-state index is 6.07. The zero-order valence-corrected chi connectivity index (χ0v) is 10.9. The molecule has 0 radical (unpaired) electrons. The molecule has 1 fully saturated rings. The van der Waals surface area contributed by atoms with Crippen molar-refractivity contribution in [2.75, 3.05) is 6.54 Å². The second-order valence-corrected chi connectivity index (χ2v) is 6.01. The predicted octanol–water partition coefficient (Wildman–Crippen LogP) is 3.75. The normalized spacial score (nSPS) is 19.9. The fourth-order valence-corrected chi connectivity index (χ4v) is 3.28. The lowest BCUT2D eigenvalue weighted by Crippen LogP contribution is -2.23. The molecule has 4 heteroatoms. The third-order valence-corrected chi connectivity index (χ3v) is 4.36. The predicted molar refractivity (Wildman–Crippen MR) is 69.1 cm³/mol. The van der Waals surface area contributed by atoms with Crippen LogP contribution >= 0.6 is 22.9 Å². The van der Waals surface area contributed by atoms with Crippen molar-refractivity contribution in [3.8, 4) is 0 Å². The first kappa shape index (κ1) is 12.4. The smallest absolute Gasteiger partial charge is 0.104 e. The average molecular weight is 260 g/mol. The Kier molecular flexibility index (Phi) is 4.65. The minimum Gasteiger partial charge on any atom is -0.368 e. The van der Waals surface area contributed by atoms with Crippen LogP contribution in [0.2, 0.25) is 4.34 Å². The molecule has 2 rings (SSSR count). The molecule has 0 aliphatic heterocycles. The molecule has 1 unspecified atom stereocenters. The fourth-order valence-electron chi connectivity index (χ4n) is 2.17. The fraction of sp³-hybridized carbons (Fsp3) is 0.667. The highest BCUT2D eigenvalue weighted by molar-refractivity contribution is 7.16. The molecule has 1 aromatic rings. The first-order chi connectivity index (χ1) is 7.79. The summed E-state index contributed by atoms with van der Waals surface area (Å²) in [5.74, 6) is 0. The number of hydrogen-bond acceptors (Lipinski definition) is 3. The van der Waals surface area contributed by atoms with Crippen LogP contribution in [0, 0.1) is 0 Å². The van der Waals surface area contributed by atoms with Crippen molar-refractivity contribution in [2.45, 2.75) is 44.3 Å². The van der Waals surface area contributed by atoms with E-state index in [4.69, 9.17) is 22.1 Å². The number of rotatable bonds is 4. The summed E-state index contributed by atoms with van der Waals surface area (Å²) in [6.07, 6.45) is 6.69. The van der Waals surface area contributed by atoms with Gasteiger partial charge in [0.05, 0.1) is 10.4 Å². The van der Waals surface area contributed by atoms with Crippen LogP contribution in [0.15, 0.2) is 12.1 Å². The van der Waals surface area contributed by atoms with E-state index >= 15 is 0 Å². The van der Waals surface area contributed by atoms with Crippen molar-refractivity contribution in [1.82, 2.24) is 0 Å². The van der Waals surface area contributed by atoms with Crippen LogP contribution in [0.3, 0.4) is 0 Å². The Labute approximate surface area is 106 Å². The van der Waals surface area contributed by atoms with Crippen molar-refractivity contribution in [3.05, 3.63) is 21.3 Å². The monoisotopic (exact) mass is 259 g/mol. The molecule has 0 bridgehead atoms. The molecule has 0 aromatic carbocycles. The van der Waals surface area contributed by atoms with Crippen LogP contribution in [0.5, 0.6) is 0 Å². The Hall–Kier alpha value is -0.0900. The summed E-state index contributed by atoms with van der Waals surface area (Å²) in [5, 5.41) is 0. The van der Waals surface area contributed by atoms with Gasteiger partial charge in [0, 0.05) is 11.4 Å². The van der Waals surface area contributed by atoms with Gasteiger partial charge in [-0.2, -0.15) is 0 Å². The number of nitrogens with two attached hydrogens (primary N) is 1. The summed E-state index contributed by atoms with van der Waals surface area (Å²) in [5.41, 5.74) is 5.77. The molecule has 0 spiro atoms. The molecule has 90 valence electrons. The second-order valence-electron chi connectivity index (χ2n) is 4.26. The number of hydrogen-bond donors (Lipinski definition) is 1. The van der Waals surface area contributed by atoms with Gasteiger partial charge in [-0.05, 0) is 25.0 Å². The Morgan fingerprint density at radius 2 is 2.12 bits per heavy atom. The number of thiophene rings is 1. The van der Waals surface area contributed by atoms with Gasteiger partial charge in [0.1, 0.15) is 6.10 Å². The van der Waals surface area contributed by atoms with Gasteiger partial charge in [-0.1, -0.05) is 30.9 Å². The molecule has 16 heavy (non-hydrogen) atoms. The van der Waals surface area contributed by atoms with E-state index in [0.717, 1.165) is 9.21 Å². The first-order valence-electron chi connectivity index (χ1n) is 5.90. The zero-order chi connectivity index (χ0) is 11.4. The van der Waals surface area contributed by atoms with Gasteiger partial charge in [0.2, 0.25) is 0 Å². The quantitative estimate of drug-likeness (QED) is 0.894.